The van der Waals surface area contributed by atoms with Gasteiger partial charge in [-0.15, -0.1) is 0 Å². The fourth-order valence-corrected chi connectivity index (χ4v) is 2.96. The first kappa shape index (κ1) is 20.7. The van der Waals surface area contributed by atoms with Crippen LogP contribution in [0.4, 0.5) is 0 Å². The molecule has 0 aliphatic rings. The molecule has 3 heteroatoms. The van der Waals surface area contributed by atoms with Crippen molar-refractivity contribution in [1.29, 1.82) is 0 Å². The zero-order valence-corrected chi connectivity index (χ0v) is 16.8. The molecule has 1 aromatic rings. The van der Waals surface area contributed by atoms with Gasteiger partial charge in [0.25, 0.3) is 0 Å². The highest BCUT2D eigenvalue weighted by molar-refractivity contribution is 5.76. The van der Waals surface area contributed by atoms with E-state index in [4.69, 9.17) is 9.78 Å². The van der Waals surface area contributed by atoms with E-state index in [2.05, 4.69) is 19.9 Å². The standard InChI is InChI=1S/C21H34O3/c1-14(2)17-12-10-11-13-18(17)20(7,8)24-23-19(22)21(9,15(3)4)16(5)6/h10-16H,1-9H3. The smallest absolute Gasteiger partial charge is 0.297 e. The van der Waals surface area contributed by atoms with Gasteiger partial charge < -0.3 is 0 Å². The fourth-order valence-electron chi connectivity index (χ4n) is 2.96. The number of hydrogen-bond acceptors (Lipinski definition) is 3. The average molecular weight is 334 g/mol. The molecular weight excluding hydrogens is 300 g/mol. The third-order valence-corrected chi connectivity index (χ3v) is 5.40. The Kier molecular flexibility index (Phi) is 6.63. The van der Waals surface area contributed by atoms with Crippen molar-refractivity contribution in [2.75, 3.05) is 0 Å². The predicted molar refractivity (Wildman–Crippen MR) is 98.5 cm³/mol. The molecule has 0 unspecified atom stereocenters. The first-order chi connectivity index (χ1) is 10.9. The van der Waals surface area contributed by atoms with Crippen molar-refractivity contribution in [2.45, 2.75) is 73.8 Å². The van der Waals surface area contributed by atoms with Crippen molar-refractivity contribution in [3.8, 4) is 0 Å². The van der Waals surface area contributed by atoms with Crippen LogP contribution in [0.5, 0.6) is 0 Å². The van der Waals surface area contributed by atoms with Gasteiger partial charge in [0, 0.05) is 0 Å². The second kappa shape index (κ2) is 7.69. The summed E-state index contributed by atoms with van der Waals surface area (Å²) in [7, 11) is 0. The maximum atomic E-state index is 12.7. The zero-order chi connectivity index (χ0) is 18.7. The van der Waals surface area contributed by atoms with Crippen LogP contribution in [0.25, 0.3) is 0 Å². The SMILES string of the molecule is CC(C)c1ccccc1C(C)(C)OOC(=O)C(C)(C(C)C)C(C)C. The predicted octanol–water partition coefficient (Wildman–Crippen LogP) is 5.84. The van der Waals surface area contributed by atoms with Gasteiger partial charge in [-0.2, -0.15) is 4.89 Å². The Morgan fingerprint density at radius 2 is 1.42 bits per heavy atom. The van der Waals surface area contributed by atoms with Gasteiger partial charge in [-0.1, -0.05) is 65.8 Å². The van der Waals surface area contributed by atoms with Gasteiger partial charge in [-0.3, -0.25) is 4.89 Å². The van der Waals surface area contributed by atoms with Gasteiger partial charge in [-0.05, 0) is 49.7 Å². The van der Waals surface area contributed by atoms with Crippen LogP contribution in [-0.4, -0.2) is 5.97 Å². The van der Waals surface area contributed by atoms with Crippen LogP contribution in [0.1, 0.15) is 79.4 Å². The molecule has 0 N–H and O–H groups in total. The number of hydrogen-bond donors (Lipinski definition) is 0. The quantitative estimate of drug-likeness (QED) is 0.464. The minimum absolute atomic E-state index is 0.166. The van der Waals surface area contributed by atoms with E-state index in [0.717, 1.165) is 5.56 Å². The Labute approximate surface area is 147 Å². The topological polar surface area (TPSA) is 35.5 Å². The highest BCUT2D eigenvalue weighted by atomic mass is 17.2. The van der Waals surface area contributed by atoms with Crippen molar-refractivity contribution in [3.63, 3.8) is 0 Å². The molecular formula is C21H34O3. The summed E-state index contributed by atoms with van der Waals surface area (Å²) in [5.41, 5.74) is 0.969. The highest BCUT2D eigenvalue weighted by Gasteiger charge is 2.43. The number of benzene rings is 1. The van der Waals surface area contributed by atoms with Crippen LogP contribution < -0.4 is 0 Å². The Hall–Kier alpha value is -1.35. The van der Waals surface area contributed by atoms with Crippen LogP contribution in [0.15, 0.2) is 24.3 Å². The second-order valence-electron chi connectivity index (χ2n) is 8.30. The van der Waals surface area contributed by atoms with E-state index in [1.807, 2.05) is 66.7 Å². The minimum atomic E-state index is -0.703. The average Bonchev–Trinajstić information content (AvgIpc) is 2.51. The van der Waals surface area contributed by atoms with E-state index in [9.17, 15) is 4.79 Å². The van der Waals surface area contributed by atoms with E-state index in [-0.39, 0.29) is 17.8 Å². The zero-order valence-electron chi connectivity index (χ0n) is 16.8. The largest absolute Gasteiger partial charge is 0.348 e. The van der Waals surface area contributed by atoms with Crippen LogP contribution in [0.2, 0.25) is 0 Å². The van der Waals surface area contributed by atoms with Crippen LogP contribution >= 0.6 is 0 Å². The molecule has 0 fully saturated rings. The molecule has 0 radical (unpaired) electrons. The molecule has 0 aromatic heterocycles. The van der Waals surface area contributed by atoms with Gasteiger partial charge in [-0.25, -0.2) is 4.79 Å². The lowest BCUT2D eigenvalue weighted by Gasteiger charge is -2.35. The van der Waals surface area contributed by atoms with Crippen molar-refractivity contribution >= 4 is 5.97 Å². The molecule has 0 saturated heterocycles. The molecule has 0 atom stereocenters. The molecule has 0 amide bonds. The monoisotopic (exact) mass is 334 g/mol. The summed E-state index contributed by atoms with van der Waals surface area (Å²) < 4.78 is 0. The lowest BCUT2D eigenvalue weighted by Crippen LogP contribution is -2.41. The molecule has 1 aromatic carbocycles. The minimum Gasteiger partial charge on any atom is -0.297 e. The summed E-state index contributed by atoms with van der Waals surface area (Å²) in [6.45, 7) is 18.3. The van der Waals surface area contributed by atoms with Crippen LogP contribution in [-0.2, 0) is 20.2 Å². The van der Waals surface area contributed by atoms with E-state index >= 15 is 0 Å². The van der Waals surface area contributed by atoms with Crippen molar-refractivity contribution < 1.29 is 14.6 Å². The van der Waals surface area contributed by atoms with E-state index in [1.54, 1.807) is 0 Å². The van der Waals surface area contributed by atoms with Crippen molar-refractivity contribution in [2.24, 2.45) is 17.3 Å². The van der Waals surface area contributed by atoms with Gasteiger partial charge in [0.1, 0.15) is 5.60 Å². The molecule has 0 spiro atoms. The Morgan fingerprint density at radius 3 is 1.88 bits per heavy atom. The molecule has 0 bridgehead atoms. The van der Waals surface area contributed by atoms with Gasteiger partial charge >= 0.3 is 5.97 Å². The summed E-state index contributed by atoms with van der Waals surface area (Å²) in [6.07, 6.45) is 0. The first-order valence-electron chi connectivity index (χ1n) is 8.94. The first-order valence-corrected chi connectivity index (χ1v) is 8.94. The Balaban J connectivity index is 2.99. The van der Waals surface area contributed by atoms with Gasteiger partial charge in [0.15, 0.2) is 0 Å². The highest BCUT2D eigenvalue weighted by Crippen LogP contribution is 2.38. The maximum absolute atomic E-state index is 12.7. The summed E-state index contributed by atoms with van der Waals surface area (Å²) in [6, 6.07) is 8.14. The number of rotatable bonds is 7. The molecule has 3 nitrogen and oxygen atoms in total. The summed E-state index contributed by atoms with van der Waals surface area (Å²) in [4.78, 5) is 23.7. The Bertz CT molecular complexity index is 548. The van der Waals surface area contributed by atoms with Crippen molar-refractivity contribution in [3.05, 3.63) is 35.4 Å². The molecule has 0 aliphatic carbocycles. The third kappa shape index (κ3) is 4.18. The fraction of sp³-hybridized carbons (Fsp3) is 0.667. The van der Waals surface area contributed by atoms with Crippen molar-refractivity contribution in [1.82, 2.24) is 0 Å². The lowest BCUT2D eigenvalue weighted by molar-refractivity contribution is -0.337. The molecule has 0 saturated carbocycles. The summed E-state index contributed by atoms with van der Waals surface area (Å²) in [5.74, 6) is 0.401. The van der Waals surface area contributed by atoms with Gasteiger partial charge in [0.05, 0.1) is 5.41 Å². The van der Waals surface area contributed by atoms with Gasteiger partial charge in [0.2, 0.25) is 0 Å². The summed E-state index contributed by atoms with van der Waals surface area (Å²) in [5, 5.41) is 0. The second-order valence-corrected chi connectivity index (χ2v) is 8.30. The normalized spacial score (nSPS) is 13.0. The number of carbonyl (C=O) groups is 1. The molecule has 0 aliphatic heterocycles. The van der Waals surface area contributed by atoms with E-state index in [0.29, 0.717) is 5.92 Å². The Morgan fingerprint density at radius 1 is 0.917 bits per heavy atom. The molecule has 0 heterocycles. The molecule has 24 heavy (non-hydrogen) atoms. The molecule has 136 valence electrons. The lowest BCUT2D eigenvalue weighted by atomic mass is 9.71. The van der Waals surface area contributed by atoms with E-state index in [1.165, 1.54) is 5.56 Å². The maximum Gasteiger partial charge on any atom is 0.348 e. The summed E-state index contributed by atoms with van der Waals surface area (Å²) >= 11 is 0. The van der Waals surface area contributed by atoms with E-state index < -0.39 is 11.0 Å². The molecule has 1 rings (SSSR count). The van der Waals surface area contributed by atoms with Crippen LogP contribution in [0.3, 0.4) is 0 Å². The van der Waals surface area contributed by atoms with Crippen LogP contribution in [0, 0.1) is 17.3 Å². The third-order valence-electron chi connectivity index (χ3n) is 5.40. The number of carbonyl (C=O) groups excluding carboxylic acids is 1.